The molecule has 0 radical (unpaired) electrons. The predicted molar refractivity (Wildman–Crippen MR) is 174 cm³/mol. The highest BCUT2D eigenvalue weighted by Crippen LogP contribution is 2.32. The second kappa shape index (κ2) is 21.1. The van der Waals surface area contributed by atoms with Gasteiger partial charge < -0.3 is 43.3 Å². The number of likely N-dealkylation sites (tertiary alicyclic amines) is 3. The molecule has 0 atom stereocenters. The molecule has 6 rings (SSSR count). The molecule has 3 heterocycles. The number of hydrogen-bond donors (Lipinski definition) is 0. The van der Waals surface area contributed by atoms with Gasteiger partial charge in [0.05, 0.1) is 52.4 Å². The summed E-state index contributed by atoms with van der Waals surface area (Å²) in [6.07, 6.45) is 31.3. The van der Waals surface area contributed by atoms with Crippen molar-refractivity contribution in [2.24, 2.45) is 0 Å². The topological polar surface area (TPSA) is 33.2 Å². The molecule has 0 amide bonds. The Hall–Kier alpha value is 1.30. The molecular weight excluding hydrogens is 708 g/mol. The van der Waals surface area contributed by atoms with E-state index in [1.165, 1.54) is 183 Å². The lowest BCUT2D eigenvalue weighted by Gasteiger charge is -2.40. The van der Waals surface area contributed by atoms with Crippen molar-refractivity contribution >= 4 is 22.6 Å². The van der Waals surface area contributed by atoms with Gasteiger partial charge in [-0.25, -0.2) is 0 Å². The predicted octanol–water partition coefficient (Wildman–Crippen LogP) is 5.41. The highest BCUT2D eigenvalue weighted by molar-refractivity contribution is 14.1. The number of hydrogen-bond acceptors (Lipinski definition) is 2. The van der Waals surface area contributed by atoms with Crippen molar-refractivity contribution < 1.29 is 38.4 Å². The van der Waals surface area contributed by atoms with E-state index in [1.807, 2.05) is 4.93 Å². The largest absolute Gasteiger partial charge is 1.00 e. The fraction of sp³-hybridized carbons (Fsp3) is 1.00. The van der Waals surface area contributed by atoms with Gasteiger partial charge in [-0.2, -0.15) is 0 Å². The van der Waals surface area contributed by atoms with E-state index in [4.69, 9.17) is 0 Å². The first-order valence-corrected chi connectivity index (χ1v) is 19.1. The molecule has 0 aromatic heterocycles. The molecule has 3 aliphatic carbocycles. The Morgan fingerprint density at radius 2 is 0.769 bits per heavy atom. The molecule has 3 saturated heterocycles. The van der Waals surface area contributed by atoms with Crippen LogP contribution in [0.15, 0.2) is 0 Å². The van der Waals surface area contributed by atoms with Crippen LogP contribution in [0.25, 0.3) is 0 Å². The third kappa shape index (κ3) is 12.4. The van der Waals surface area contributed by atoms with Crippen LogP contribution >= 0.6 is 22.6 Å². The van der Waals surface area contributed by atoms with Gasteiger partial charge >= 0.3 is 0 Å². The van der Waals surface area contributed by atoms with Crippen LogP contribution in [0, 0.1) is 0 Å². The molecule has 6 aliphatic rings. The average molecular weight is 776 g/mol. The lowest BCUT2D eigenvalue weighted by atomic mass is 9.93. The third-order valence-electron chi connectivity index (χ3n) is 11.3. The van der Waals surface area contributed by atoms with Gasteiger partial charge in [0.25, 0.3) is 0 Å². The fourth-order valence-electron chi connectivity index (χ4n) is 8.81. The zero-order valence-corrected chi connectivity index (χ0v) is 30.7. The first-order valence-electron chi connectivity index (χ1n) is 16.9. The zero-order valence-electron chi connectivity index (χ0n) is 26.4. The molecule has 1 N–H and O–H groups in total. The summed E-state index contributed by atoms with van der Waals surface area (Å²) >= 11 is 2.15. The first-order chi connectivity index (χ1) is 18.1. The highest BCUT2D eigenvalue weighted by Gasteiger charge is 2.37. The molecule has 3 aliphatic heterocycles. The standard InChI is InChI=1S/2C11H22N.C10H19N.CH3I.HI.H2O/c2*1-12(9-5-6-10-12)11-7-3-2-4-8-11;1-2-6-10(7-3-1)11-8-4-5-9-11;1-2;;/h2*11H,2-10H2,1H3;10H,1-9H2;1H3;1H;1H2/q2*+1;;;;/p-2. The minimum Gasteiger partial charge on any atom is -1.00 e. The minimum absolute atomic E-state index is 0. The van der Waals surface area contributed by atoms with Gasteiger partial charge in [0.1, 0.15) is 0 Å². The van der Waals surface area contributed by atoms with Gasteiger partial charge in [-0.3, -0.25) is 0 Å². The maximum absolute atomic E-state index is 2.72. The highest BCUT2D eigenvalue weighted by atomic mass is 127. The maximum atomic E-state index is 2.72. The monoisotopic (exact) mass is 775 g/mol. The summed E-state index contributed by atoms with van der Waals surface area (Å²) in [7, 11) is 4.98. The van der Waals surface area contributed by atoms with Crippen molar-refractivity contribution in [3.05, 3.63) is 0 Å². The van der Waals surface area contributed by atoms with Gasteiger partial charge in [-0.05, 0) is 95.1 Å². The lowest BCUT2D eigenvalue weighted by molar-refractivity contribution is -0.923. The van der Waals surface area contributed by atoms with E-state index in [9.17, 15) is 0 Å². The SMILES string of the molecule is C1CCC(N2CCCC2)CC1.CI.C[N+]1(C2CCCCC2)CCCC1.C[N+]1(C2CCCCC2)CCCC1.[I-].[OH-]. The lowest BCUT2D eigenvalue weighted by Crippen LogP contribution is -3.00. The van der Waals surface area contributed by atoms with Crippen LogP contribution in [0.5, 0.6) is 0 Å². The van der Waals surface area contributed by atoms with Gasteiger partial charge in [0, 0.05) is 31.7 Å². The van der Waals surface area contributed by atoms with Crippen molar-refractivity contribution in [3.8, 4) is 0 Å². The molecule has 0 aromatic rings. The Morgan fingerprint density at radius 1 is 0.462 bits per heavy atom. The van der Waals surface area contributed by atoms with Crippen molar-refractivity contribution in [1.29, 1.82) is 0 Å². The van der Waals surface area contributed by atoms with Crippen LogP contribution in [0.1, 0.15) is 135 Å². The summed E-state index contributed by atoms with van der Waals surface area (Å²) < 4.78 is 2.83. The summed E-state index contributed by atoms with van der Waals surface area (Å²) in [6, 6.07) is 3.04. The minimum atomic E-state index is 0. The van der Waals surface area contributed by atoms with E-state index in [2.05, 4.69) is 41.6 Å². The Labute approximate surface area is 275 Å². The van der Waals surface area contributed by atoms with Gasteiger partial charge in [-0.15, -0.1) is 0 Å². The van der Waals surface area contributed by atoms with E-state index in [-0.39, 0.29) is 29.5 Å². The van der Waals surface area contributed by atoms with Crippen LogP contribution in [0.4, 0.5) is 0 Å². The molecule has 0 unspecified atom stereocenters. The van der Waals surface area contributed by atoms with Crippen LogP contribution in [0.2, 0.25) is 0 Å². The summed E-state index contributed by atoms with van der Waals surface area (Å²) in [4.78, 5) is 4.69. The Balaban J connectivity index is 0.000000277. The molecule has 234 valence electrons. The molecule has 0 spiro atoms. The Bertz CT molecular complexity index is 535. The molecule has 4 nitrogen and oxygen atoms in total. The second-order valence-electron chi connectivity index (χ2n) is 13.9. The second-order valence-corrected chi connectivity index (χ2v) is 13.9. The Kier molecular flexibility index (Phi) is 20.7. The van der Waals surface area contributed by atoms with E-state index in [1.54, 1.807) is 0 Å². The first kappa shape index (κ1) is 38.3. The van der Waals surface area contributed by atoms with Gasteiger partial charge in [-0.1, -0.05) is 54.7 Å². The van der Waals surface area contributed by atoms with Crippen LogP contribution in [-0.4, -0.2) is 95.8 Å². The number of nitrogens with zero attached hydrogens (tertiary/aromatic N) is 3. The van der Waals surface area contributed by atoms with Crippen LogP contribution in [0.3, 0.4) is 0 Å². The molecule has 0 aromatic carbocycles. The van der Waals surface area contributed by atoms with Gasteiger partial charge in [0.15, 0.2) is 0 Å². The molecule has 0 bridgehead atoms. The zero-order chi connectivity index (χ0) is 26.4. The molecule has 39 heavy (non-hydrogen) atoms. The number of quaternary nitrogens is 2. The van der Waals surface area contributed by atoms with Crippen molar-refractivity contribution in [2.45, 2.75) is 153 Å². The van der Waals surface area contributed by atoms with Crippen LogP contribution < -0.4 is 24.0 Å². The molecular formula is C33H67I2N3O. The molecule has 6 fully saturated rings. The van der Waals surface area contributed by atoms with Crippen molar-refractivity contribution in [3.63, 3.8) is 0 Å². The third-order valence-corrected chi connectivity index (χ3v) is 11.3. The summed E-state index contributed by atoms with van der Waals surface area (Å²) in [5.41, 5.74) is 0. The Morgan fingerprint density at radius 3 is 1.10 bits per heavy atom. The summed E-state index contributed by atoms with van der Waals surface area (Å²) in [6.45, 7) is 8.64. The quantitative estimate of drug-likeness (QED) is 0.219. The van der Waals surface area contributed by atoms with Crippen molar-refractivity contribution in [2.75, 3.05) is 58.3 Å². The molecule has 6 heteroatoms. The van der Waals surface area contributed by atoms with E-state index < -0.39 is 0 Å². The van der Waals surface area contributed by atoms with E-state index >= 15 is 0 Å². The van der Waals surface area contributed by atoms with Gasteiger partial charge in [0.2, 0.25) is 0 Å². The molecule has 3 saturated carbocycles. The van der Waals surface area contributed by atoms with Crippen LogP contribution in [-0.2, 0) is 0 Å². The number of halogens is 2. The van der Waals surface area contributed by atoms with Crippen molar-refractivity contribution in [1.82, 2.24) is 4.90 Å². The van der Waals surface area contributed by atoms with E-state index in [0.717, 1.165) is 18.1 Å². The van der Waals surface area contributed by atoms with E-state index in [0.29, 0.717) is 0 Å². The smallest absolute Gasteiger partial charge is 0.0888 e. The average Bonchev–Trinajstić information content (AvgIpc) is 3.76. The summed E-state index contributed by atoms with van der Waals surface area (Å²) in [5, 5.41) is 0. The maximum Gasteiger partial charge on any atom is 0.0888 e. The normalized spacial score (nSPS) is 27.4. The number of rotatable bonds is 3. The fourth-order valence-corrected chi connectivity index (χ4v) is 8.81. The number of alkyl halides is 1. The summed E-state index contributed by atoms with van der Waals surface area (Å²) in [5.74, 6) is 0.